The van der Waals surface area contributed by atoms with Crippen molar-refractivity contribution < 1.29 is 34.8 Å². The van der Waals surface area contributed by atoms with Crippen LogP contribution in [0.4, 0.5) is 0 Å². The first-order chi connectivity index (χ1) is 14.4. The Labute approximate surface area is 171 Å². The molecule has 0 spiro atoms. The second kappa shape index (κ2) is 8.93. The van der Waals surface area contributed by atoms with Gasteiger partial charge in [0, 0.05) is 6.07 Å². The highest BCUT2D eigenvalue weighted by molar-refractivity contribution is 6.09. The van der Waals surface area contributed by atoms with Crippen molar-refractivity contribution in [3.63, 3.8) is 0 Å². The zero-order chi connectivity index (χ0) is 21.7. The molecule has 0 atom stereocenters. The number of ketones is 1. The average molecular weight is 406 g/mol. The molecule has 0 aliphatic rings. The number of aromatic hydroxyl groups is 3. The molecule has 0 fully saturated rings. The minimum atomic E-state index is -0.730. The van der Waals surface area contributed by atoms with Gasteiger partial charge in [0.25, 0.3) is 0 Å². The van der Waals surface area contributed by atoms with Crippen LogP contribution in [0.5, 0.6) is 23.0 Å². The molecule has 0 aromatic heterocycles. The molecule has 0 amide bonds. The van der Waals surface area contributed by atoms with Gasteiger partial charge in [-0.2, -0.15) is 0 Å². The van der Waals surface area contributed by atoms with Crippen LogP contribution in [0.3, 0.4) is 0 Å². The number of phenols is 3. The van der Waals surface area contributed by atoms with E-state index in [0.717, 1.165) is 6.07 Å². The van der Waals surface area contributed by atoms with Gasteiger partial charge in [-0.05, 0) is 53.6 Å². The molecular formula is C23H18O7. The van der Waals surface area contributed by atoms with E-state index in [1.165, 1.54) is 54.6 Å². The van der Waals surface area contributed by atoms with Crippen molar-refractivity contribution >= 4 is 17.8 Å². The Morgan fingerprint density at radius 3 is 2.27 bits per heavy atom. The largest absolute Gasteiger partial charge is 0.508 e. The number of hydrogen-bond donors (Lipinski definition) is 4. The van der Waals surface area contributed by atoms with Gasteiger partial charge in [-0.25, -0.2) is 4.79 Å². The number of aliphatic hydroxyl groups excluding tert-OH is 1. The fourth-order valence-electron chi connectivity index (χ4n) is 2.61. The van der Waals surface area contributed by atoms with Gasteiger partial charge in [0.2, 0.25) is 0 Å². The zero-order valence-corrected chi connectivity index (χ0v) is 15.6. The molecule has 4 N–H and O–H groups in total. The molecule has 152 valence electrons. The number of esters is 1. The summed E-state index contributed by atoms with van der Waals surface area (Å²) >= 11 is 0. The predicted octanol–water partition coefficient (Wildman–Crippen LogP) is 3.41. The van der Waals surface area contributed by atoms with Crippen LogP contribution >= 0.6 is 0 Å². The number of rotatable bonds is 6. The fourth-order valence-corrected chi connectivity index (χ4v) is 2.61. The SMILES string of the molecule is O=C(Oc1cc(O)ccc1C(=O)/C=C/c1ccc(O)c(O)c1)c1ccc(CO)cc1. The summed E-state index contributed by atoms with van der Waals surface area (Å²) in [6.45, 7) is -0.161. The van der Waals surface area contributed by atoms with Crippen LogP contribution in [0, 0.1) is 0 Å². The number of carbonyl (C=O) groups excluding carboxylic acids is 2. The highest BCUT2D eigenvalue weighted by Gasteiger charge is 2.16. The van der Waals surface area contributed by atoms with E-state index < -0.39 is 11.8 Å². The highest BCUT2D eigenvalue weighted by atomic mass is 16.5. The minimum absolute atomic E-state index is 0.0485. The summed E-state index contributed by atoms with van der Waals surface area (Å²) in [6.07, 6.45) is 2.64. The van der Waals surface area contributed by atoms with Crippen molar-refractivity contribution in [3.05, 3.63) is 89.0 Å². The Morgan fingerprint density at radius 2 is 1.60 bits per heavy atom. The van der Waals surface area contributed by atoms with Crippen molar-refractivity contribution in [1.82, 2.24) is 0 Å². The lowest BCUT2D eigenvalue weighted by atomic mass is 10.1. The number of hydrogen-bond acceptors (Lipinski definition) is 7. The van der Waals surface area contributed by atoms with Gasteiger partial charge in [0.1, 0.15) is 11.5 Å². The van der Waals surface area contributed by atoms with Gasteiger partial charge in [-0.1, -0.05) is 24.3 Å². The summed E-state index contributed by atoms with van der Waals surface area (Å²) in [4.78, 5) is 25.0. The normalized spacial score (nSPS) is 10.8. The second-order valence-corrected chi connectivity index (χ2v) is 6.37. The minimum Gasteiger partial charge on any atom is -0.508 e. The molecule has 3 rings (SSSR count). The lowest BCUT2D eigenvalue weighted by Crippen LogP contribution is -2.11. The first-order valence-corrected chi connectivity index (χ1v) is 8.87. The maximum atomic E-state index is 12.6. The lowest BCUT2D eigenvalue weighted by Gasteiger charge is -2.09. The molecule has 0 saturated carbocycles. The van der Waals surface area contributed by atoms with E-state index >= 15 is 0 Å². The lowest BCUT2D eigenvalue weighted by molar-refractivity contribution is 0.0732. The van der Waals surface area contributed by atoms with Crippen LogP contribution in [0.1, 0.15) is 31.8 Å². The smallest absolute Gasteiger partial charge is 0.343 e. The quantitative estimate of drug-likeness (QED) is 0.163. The molecule has 0 radical (unpaired) electrons. The number of aliphatic hydroxyl groups is 1. The molecule has 0 aliphatic carbocycles. The van der Waals surface area contributed by atoms with Crippen molar-refractivity contribution in [3.8, 4) is 23.0 Å². The predicted molar refractivity (Wildman–Crippen MR) is 109 cm³/mol. The average Bonchev–Trinajstić information content (AvgIpc) is 2.74. The second-order valence-electron chi connectivity index (χ2n) is 6.37. The summed E-state index contributed by atoms with van der Waals surface area (Å²) in [7, 11) is 0. The Bertz CT molecular complexity index is 1110. The van der Waals surface area contributed by atoms with Gasteiger partial charge in [0.15, 0.2) is 17.3 Å². The van der Waals surface area contributed by atoms with E-state index in [1.807, 2.05) is 0 Å². The van der Waals surface area contributed by atoms with Gasteiger partial charge in [-0.3, -0.25) is 4.79 Å². The molecule has 7 nitrogen and oxygen atoms in total. The van der Waals surface area contributed by atoms with Gasteiger partial charge in [0.05, 0.1) is 17.7 Å². The Hall–Kier alpha value is -4.10. The van der Waals surface area contributed by atoms with Crippen molar-refractivity contribution in [2.75, 3.05) is 0 Å². The summed E-state index contributed by atoms with van der Waals surface area (Å²) in [5, 5.41) is 37.7. The van der Waals surface area contributed by atoms with Crippen LogP contribution < -0.4 is 4.74 Å². The third-order valence-corrected chi connectivity index (χ3v) is 4.23. The summed E-state index contributed by atoms with van der Waals surface area (Å²) in [6, 6.07) is 14.0. The third kappa shape index (κ3) is 4.84. The Kier molecular flexibility index (Phi) is 6.14. The molecule has 0 heterocycles. The number of benzene rings is 3. The maximum absolute atomic E-state index is 12.6. The van der Waals surface area contributed by atoms with Crippen LogP contribution in [-0.4, -0.2) is 32.2 Å². The summed E-state index contributed by atoms with van der Waals surface area (Å²) < 4.78 is 5.30. The fraction of sp³-hybridized carbons (Fsp3) is 0.0435. The maximum Gasteiger partial charge on any atom is 0.343 e. The van der Waals surface area contributed by atoms with Gasteiger partial charge >= 0.3 is 5.97 Å². The number of phenolic OH excluding ortho intramolecular Hbond substituents is 3. The van der Waals surface area contributed by atoms with E-state index in [4.69, 9.17) is 9.84 Å². The van der Waals surface area contributed by atoms with Crippen molar-refractivity contribution in [2.45, 2.75) is 6.61 Å². The Balaban J connectivity index is 1.83. The number of carbonyl (C=O) groups is 2. The number of allylic oxidation sites excluding steroid dienone is 1. The molecule has 7 heteroatoms. The molecular weight excluding hydrogens is 388 g/mol. The van der Waals surface area contributed by atoms with Gasteiger partial charge in [-0.15, -0.1) is 0 Å². The first kappa shape index (κ1) is 20.6. The highest BCUT2D eigenvalue weighted by Crippen LogP contribution is 2.28. The van der Waals surface area contributed by atoms with Crippen molar-refractivity contribution in [1.29, 1.82) is 0 Å². The third-order valence-electron chi connectivity index (χ3n) is 4.23. The van der Waals surface area contributed by atoms with E-state index in [0.29, 0.717) is 11.1 Å². The molecule has 0 bridgehead atoms. The molecule has 3 aromatic carbocycles. The van der Waals surface area contributed by atoms with E-state index in [1.54, 1.807) is 12.1 Å². The molecule has 0 aliphatic heterocycles. The number of ether oxygens (including phenoxy) is 1. The van der Waals surface area contributed by atoms with Crippen molar-refractivity contribution in [2.24, 2.45) is 0 Å². The van der Waals surface area contributed by atoms with Crippen LogP contribution in [0.15, 0.2) is 66.7 Å². The first-order valence-electron chi connectivity index (χ1n) is 8.87. The summed E-state index contributed by atoms with van der Waals surface area (Å²) in [5.41, 5.74) is 1.36. The van der Waals surface area contributed by atoms with E-state index in [2.05, 4.69) is 0 Å². The summed E-state index contributed by atoms with van der Waals surface area (Å²) in [5.74, 6) is -2.13. The standard InChI is InChI=1S/C23H18O7/c24-13-15-1-5-16(6-2-15)23(29)30-22-12-17(25)7-8-18(22)19(26)9-3-14-4-10-20(27)21(28)11-14/h1-12,24-25,27-28H,13H2/b9-3+. The molecule has 3 aromatic rings. The molecule has 0 saturated heterocycles. The molecule has 30 heavy (non-hydrogen) atoms. The monoisotopic (exact) mass is 406 g/mol. The molecule has 0 unspecified atom stereocenters. The van der Waals surface area contributed by atoms with Crippen LogP contribution in [0.25, 0.3) is 6.08 Å². The Morgan fingerprint density at radius 1 is 0.867 bits per heavy atom. The van der Waals surface area contributed by atoms with Crippen LogP contribution in [-0.2, 0) is 6.61 Å². The topological polar surface area (TPSA) is 124 Å². The van der Waals surface area contributed by atoms with E-state index in [9.17, 15) is 24.9 Å². The van der Waals surface area contributed by atoms with Crippen LogP contribution in [0.2, 0.25) is 0 Å². The zero-order valence-electron chi connectivity index (χ0n) is 15.6. The van der Waals surface area contributed by atoms with Gasteiger partial charge < -0.3 is 25.2 Å². The van der Waals surface area contributed by atoms with E-state index in [-0.39, 0.29) is 40.7 Å².